The fourth-order valence-corrected chi connectivity index (χ4v) is 2.63. The van der Waals surface area contributed by atoms with Crippen molar-refractivity contribution in [3.63, 3.8) is 0 Å². The van der Waals surface area contributed by atoms with E-state index < -0.39 is 17.5 Å². The van der Waals surface area contributed by atoms with E-state index in [1.807, 2.05) is 24.9 Å². The van der Waals surface area contributed by atoms with Crippen LogP contribution in [-0.2, 0) is 12.7 Å². The van der Waals surface area contributed by atoms with Gasteiger partial charge in [-0.3, -0.25) is 4.90 Å². The number of rotatable bonds is 5. The van der Waals surface area contributed by atoms with E-state index in [9.17, 15) is 18.3 Å². The van der Waals surface area contributed by atoms with Crippen LogP contribution in [0.25, 0.3) is 5.69 Å². The second-order valence-corrected chi connectivity index (χ2v) is 6.74. The van der Waals surface area contributed by atoms with E-state index in [-0.39, 0.29) is 0 Å². The Bertz CT molecular complexity index is 702. The molecule has 0 aliphatic carbocycles. The number of hydrogen-bond donors (Lipinski definition) is 1. The summed E-state index contributed by atoms with van der Waals surface area (Å²) in [6, 6.07) is 6.38. The van der Waals surface area contributed by atoms with Gasteiger partial charge in [0.25, 0.3) is 0 Å². The van der Waals surface area contributed by atoms with E-state index in [0.29, 0.717) is 18.8 Å². The molecule has 0 saturated heterocycles. The van der Waals surface area contributed by atoms with Crippen molar-refractivity contribution in [1.29, 1.82) is 0 Å². The van der Waals surface area contributed by atoms with Gasteiger partial charge in [-0.1, -0.05) is 6.07 Å². The topological polar surface area (TPSA) is 41.3 Å². The van der Waals surface area contributed by atoms with Crippen molar-refractivity contribution >= 4 is 0 Å². The predicted octanol–water partition coefficient (Wildman–Crippen LogP) is 3.40. The number of benzene rings is 1. The highest BCUT2D eigenvalue weighted by molar-refractivity contribution is 5.39. The number of halogens is 3. The Balaban J connectivity index is 2.16. The van der Waals surface area contributed by atoms with Crippen molar-refractivity contribution in [3.05, 3.63) is 47.3 Å². The standard InChI is InChI=1S/C17H22F3N3O/c1-12-9-14(23-8-7-15(21-23)17(18,19)20)6-5-13(12)10-22(4)11-16(2,3)24/h5-9,24H,10-11H2,1-4H3. The monoisotopic (exact) mass is 341 g/mol. The zero-order valence-electron chi connectivity index (χ0n) is 14.2. The molecule has 1 N–H and O–H groups in total. The Morgan fingerprint density at radius 1 is 1.21 bits per heavy atom. The Labute approximate surface area is 139 Å². The van der Waals surface area contributed by atoms with Gasteiger partial charge in [0.15, 0.2) is 5.69 Å². The van der Waals surface area contributed by atoms with Crippen LogP contribution in [-0.4, -0.2) is 39.0 Å². The first-order valence-electron chi connectivity index (χ1n) is 7.59. The summed E-state index contributed by atoms with van der Waals surface area (Å²) >= 11 is 0. The zero-order valence-corrected chi connectivity index (χ0v) is 14.2. The fraction of sp³-hybridized carbons (Fsp3) is 0.471. The minimum Gasteiger partial charge on any atom is -0.389 e. The maximum Gasteiger partial charge on any atom is 0.435 e. The summed E-state index contributed by atoms with van der Waals surface area (Å²) in [5, 5.41) is 13.4. The molecule has 24 heavy (non-hydrogen) atoms. The number of likely N-dealkylation sites (N-methyl/N-ethyl adjacent to an activating group) is 1. The molecule has 0 unspecified atom stereocenters. The Hall–Kier alpha value is -1.86. The Kier molecular flexibility index (Phi) is 5.05. The lowest BCUT2D eigenvalue weighted by atomic mass is 10.1. The van der Waals surface area contributed by atoms with Gasteiger partial charge in [0.05, 0.1) is 11.3 Å². The highest BCUT2D eigenvalue weighted by Crippen LogP contribution is 2.28. The molecule has 132 valence electrons. The SMILES string of the molecule is Cc1cc(-n2ccc(C(F)(F)F)n2)ccc1CN(C)CC(C)(C)O. The van der Waals surface area contributed by atoms with Crippen LogP contribution in [0.4, 0.5) is 13.2 Å². The van der Waals surface area contributed by atoms with Crippen LogP contribution in [0.1, 0.15) is 30.7 Å². The second-order valence-electron chi connectivity index (χ2n) is 6.74. The van der Waals surface area contributed by atoms with E-state index in [1.165, 1.54) is 10.9 Å². The molecule has 2 rings (SSSR count). The number of nitrogens with zero attached hydrogens (tertiary/aromatic N) is 3. The first kappa shape index (κ1) is 18.5. The van der Waals surface area contributed by atoms with Gasteiger partial charge in [0.1, 0.15) is 0 Å². The first-order chi connectivity index (χ1) is 11.0. The van der Waals surface area contributed by atoms with Gasteiger partial charge in [-0.15, -0.1) is 0 Å². The van der Waals surface area contributed by atoms with E-state index >= 15 is 0 Å². The molecule has 1 heterocycles. The van der Waals surface area contributed by atoms with Crippen LogP contribution in [0.2, 0.25) is 0 Å². The van der Waals surface area contributed by atoms with E-state index in [0.717, 1.165) is 17.2 Å². The van der Waals surface area contributed by atoms with Gasteiger partial charge in [-0.2, -0.15) is 18.3 Å². The third-order valence-corrected chi connectivity index (χ3v) is 3.57. The van der Waals surface area contributed by atoms with Gasteiger partial charge in [0, 0.05) is 19.3 Å². The zero-order chi connectivity index (χ0) is 18.1. The quantitative estimate of drug-likeness (QED) is 0.906. The predicted molar refractivity (Wildman–Crippen MR) is 85.9 cm³/mol. The number of aromatic nitrogens is 2. The minimum absolute atomic E-state index is 0.516. The van der Waals surface area contributed by atoms with Crippen LogP contribution < -0.4 is 0 Å². The normalized spacial score (nSPS) is 12.9. The molecule has 2 aromatic rings. The van der Waals surface area contributed by atoms with Crippen LogP contribution in [0, 0.1) is 6.92 Å². The van der Waals surface area contributed by atoms with Gasteiger partial charge in [-0.25, -0.2) is 4.68 Å². The minimum atomic E-state index is -4.44. The second kappa shape index (κ2) is 6.57. The van der Waals surface area contributed by atoms with Crippen molar-refractivity contribution in [2.75, 3.05) is 13.6 Å². The highest BCUT2D eigenvalue weighted by atomic mass is 19.4. The number of hydrogen-bond acceptors (Lipinski definition) is 3. The molecule has 0 atom stereocenters. The van der Waals surface area contributed by atoms with Gasteiger partial charge in [0.2, 0.25) is 0 Å². The van der Waals surface area contributed by atoms with Crippen molar-refractivity contribution < 1.29 is 18.3 Å². The molecule has 0 radical (unpaired) electrons. The molecule has 7 heteroatoms. The third kappa shape index (κ3) is 4.82. The van der Waals surface area contributed by atoms with E-state index in [4.69, 9.17) is 0 Å². The van der Waals surface area contributed by atoms with Crippen LogP contribution in [0.5, 0.6) is 0 Å². The average Bonchev–Trinajstić information content (AvgIpc) is 2.88. The van der Waals surface area contributed by atoms with Crippen LogP contribution in [0.15, 0.2) is 30.5 Å². The summed E-state index contributed by atoms with van der Waals surface area (Å²) in [6.07, 6.45) is -3.14. The van der Waals surface area contributed by atoms with E-state index in [2.05, 4.69) is 5.10 Å². The maximum atomic E-state index is 12.6. The largest absolute Gasteiger partial charge is 0.435 e. The fourth-order valence-electron chi connectivity index (χ4n) is 2.63. The molecule has 0 spiro atoms. The van der Waals surface area contributed by atoms with Crippen molar-refractivity contribution in [2.45, 2.75) is 39.1 Å². The lowest BCUT2D eigenvalue weighted by Gasteiger charge is -2.26. The van der Waals surface area contributed by atoms with Crippen molar-refractivity contribution in [1.82, 2.24) is 14.7 Å². The van der Waals surface area contributed by atoms with Crippen LogP contribution >= 0.6 is 0 Å². The van der Waals surface area contributed by atoms with Gasteiger partial charge in [-0.05, 0) is 57.1 Å². The van der Waals surface area contributed by atoms with Crippen molar-refractivity contribution in [3.8, 4) is 5.69 Å². The van der Waals surface area contributed by atoms with Crippen LogP contribution in [0.3, 0.4) is 0 Å². The molecule has 0 aliphatic heterocycles. The molecule has 1 aromatic carbocycles. The highest BCUT2D eigenvalue weighted by Gasteiger charge is 2.33. The molecule has 1 aromatic heterocycles. The Morgan fingerprint density at radius 3 is 2.38 bits per heavy atom. The average molecular weight is 341 g/mol. The number of alkyl halides is 3. The smallest absolute Gasteiger partial charge is 0.389 e. The molecular weight excluding hydrogens is 319 g/mol. The summed E-state index contributed by atoms with van der Waals surface area (Å²) < 4.78 is 39.1. The van der Waals surface area contributed by atoms with Crippen molar-refractivity contribution in [2.24, 2.45) is 0 Å². The third-order valence-electron chi connectivity index (χ3n) is 3.57. The summed E-state index contributed by atoms with van der Waals surface area (Å²) in [5.41, 5.74) is 0.893. The summed E-state index contributed by atoms with van der Waals surface area (Å²) in [5.74, 6) is 0. The molecule has 0 bridgehead atoms. The molecule has 0 aliphatic rings. The molecule has 0 amide bonds. The Morgan fingerprint density at radius 2 is 1.88 bits per heavy atom. The first-order valence-corrected chi connectivity index (χ1v) is 7.59. The summed E-state index contributed by atoms with van der Waals surface area (Å²) in [7, 11) is 1.91. The number of aryl methyl sites for hydroxylation is 1. The van der Waals surface area contributed by atoms with E-state index in [1.54, 1.807) is 26.0 Å². The molecule has 0 saturated carbocycles. The molecular formula is C17H22F3N3O. The van der Waals surface area contributed by atoms with Gasteiger partial charge >= 0.3 is 6.18 Å². The lowest BCUT2D eigenvalue weighted by molar-refractivity contribution is -0.141. The molecule has 0 fully saturated rings. The van der Waals surface area contributed by atoms with Gasteiger partial charge < -0.3 is 5.11 Å². The lowest BCUT2D eigenvalue weighted by Crippen LogP contribution is -2.35. The molecule has 4 nitrogen and oxygen atoms in total. The summed E-state index contributed by atoms with van der Waals surface area (Å²) in [6.45, 7) is 6.56. The summed E-state index contributed by atoms with van der Waals surface area (Å²) in [4.78, 5) is 2.00. The maximum absolute atomic E-state index is 12.6. The number of aliphatic hydroxyl groups is 1.